The molecule has 1 atom stereocenters. The van der Waals surface area contributed by atoms with Crippen LogP contribution < -0.4 is 0 Å². The summed E-state index contributed by atoms with van der Waals surface area (Å²) in [6.07, 6.45) is 1.17. The zero-order valence-corrected chi connectivity index (χ0v) is 14.2. The van der Waals surface area contributed by atoms with Crippen molar-refractivity contribution in [2.45, 2.75) is 37.1 Å². The number of hydrogen-bond acceptors (Lipinski definition) is 4. The van der Waals surface area contributed by atoms with Gasteiger partial charge >= 0.3 is 0 Å². The fraction of sp³-hybridized carbons (Fsp3) is 0.571. The van der Waals surface area contributed by atoms with Crippen molar-refractivity contribution in [2.75, 3.05) is 18.6 Å². The maximum absolute atomic E-state index is 12.7. The second-order valence-electron chi connectivity index (χ2n) is 5.81. The first-order chi connectivity index (χ1) is 9.61. The molecule has 1 aliphatic heterocycles. The van der Waals surface area contributed by atoms with Crippen LogP contribution in [0.1, 0.15) is 25.8 Å². The fourth-order valence-electron chi connectivity index (χ4n) is 2.59. The van der Waals surface area contributed by atoms with Crippen LogP contribution in [0, 0.1) is 0 Å². The Kier molecular flexibility index (Phi) is 4.21. The summed E-state index contributed by atoms with van der Waals surface area (Å²) in [7, 11) is -5.38. The maximum atomic E-state index is 12.7. The number of benzene rings is 1. The second kappa shape index (κ2) is 5.37. The lowest BCUT2D eigenvalue weighted by molar-refractivity contribution is 0.272. The zero-order chi connectivity index (χ0) is 15.9. The zero-order valence-electron chi connectivity index (χ0n) is 12.5. The van der Waals surface area contributed by atoms with E-state index < -0.39 is 25.4 Å². The minimum absolute atomic E-state index is 0.0398. The van der Waals surface area contributed by atoms with E-state index in [-0.39, 0.29) is 16.4 Å². The van der Waals surface area contributed by atoms with Crippen molar-refractivity contribution in [3.05, 3.63) is 29.8 Å². The van der Waals surface area contributed by atoms with Gasteiger partial charge in [-0.2, -0.15) is 4.31 Å². The molecule has 0 saturated carbocycles. The van der Waals surface area contributed by atoms with Crippen molar-refractivity contribution in [3.8, 4) is 0 Å². The molecule has 1 aliphatic rings. The van der Waals surface area contributed by atoms with E-state index in [2.05, 4.69) is 0 Å². The Bertz CT molecular complexity index is 723. The highest BCUT2D eigenvalue weighted by atomic mass is 32.2. The highest BCUT2D eigenvalue weighted by Crippen LogP contribution is 2.32. The van der Waals surface area contributed by atoms with Crippen molar-refractivity contribution < 1.29 is 16.8 Å². The summed E-state index contributed by atoms with van der Waals surface area (Å²) in [5.41, 5.74) is 0.187. The molecule has 0 unspecified atom stereocenters. The van der Waals surface area contributed by atoms with Gasteiger partial charge in [0.1, 0.15) is 0 Å². The summed E-state index contributed by atoms with van der Waals surface area (Å²) >= 11 is 0. The smallest absolute Gasteiger partial charge is 0.229 e. The Morgan fingerprint density at radius 3 is 2.24 bits per heavy atom. The van der Waals surface area contributed by atoms with Crippen molar-refractivity contribution >= 4 is 19.9 Å². The van der Waals surface area contributed by atoms with E-state index in [1.165, 1.54) is 11.4 Å². The van der Waals surface area contributed by atoms with Crippen LogP contribution in [0.15, 0.2) is 29.2 Å². The number of rotatable bonds is 4. The van der Waals surface area contributed by atoms with Gasteiger partial charge in [-0.1, -0.05) is 19.1 Å². The Morgan fingerprint density at radius 2 is 1.81 bits per heavy atom. The summed E-state index contributed by atoms with van der Waals surface area (Å²) in [5.74, 6) is -0.0824. The fourth-order valence-corrected chi connectivity index (χ4v) is 6.38. The van der Waals surface area contributed by atoms with Gasteiger partial charge in [0.25, 0.3) is 0 Å². The molecule has 0 N–H and O–H groups in total. The van der Waals surface area contributed by atoms with Crippen LogP contribution >= 0.6 is 0 Å². The van der Waals surface area contributed by atoms with Crippen molar-refractivity contribution in [2.24, 2.45) is 0 Å². The molecule has 7 heteroatoms. The summed E-state index contributed by atoms with van der Waals surface area (Å²) in [5, 5.41) is 0. The third-order valence-electron chi connectivity index (χ3n) is 4.23. The third-order valence-corrected chi connectivity index (χ3v) is 8.15. The van der Waals surface area contributed by atoms with Gasteiger partial charge in [-0.05, 0) is 37.5 Å². The molecule has 0 radical (unpaired) electrons. The van der Waals surface area contributed by atoms with Crippen LogP contribution in [0.4, 0.5) is 0 Å². The van der Waals surface area contributed by atoms with E-state index in [1.54, 1.807) is 31.2 Å². The first-order valence-corrected chi connectivity index (χ1v) is 10.2. The van der Waals surface area contributed by atoms with Crippen molar-refractivity contribution in [1.29, 1.82) is 0 Å². The lowest BCUT2D eigenvalue weighted by Crippen LogP contribution is -2.48. The summed E-state index contributed by atoms with van der Waals surface area (Å²) in [6.45, 7) is 3.69. The molecular formula is C14H21NO4S2. The van der Waals surface area contributed by atoms with Gasteiger partial charge in [-0.3, -0.25) is 0 Å². The van der Waals surface area contributed by atoms with Crippen LogP contribution in [-0.2, 0) is 26.3 Å². The highest BCUT2D eigenvalue weighted by Gasteiger charge is 2.46. The molecule has 1 aromatic rings. The predicted octanol–water partition coefficient (Wildman–Crippen LogP) is 1.45. The molecular weight excluding hydrogens is 310 g/mol. The minimum atomic E-state index is -3.69. The molecule has 1 heterocycles. The Balaban J connectivity index is 2.34. The molecule has 0 amide bonds. The normalized spacial score (nSPS) is 25.3. The van der Waals surface area contributed by atoms with E-state index in [0.717, 1.165) is 12.0 Å². The van der Waals surface area contributed by atoms with Crippen LogP contribution in [0.3, 0.4) is 0 Å². The maximum Gasteiger partial charge on any atom is 0.243 e. The van der Waals surface area contributed by atoms with E-state index >= 15 is 0 Å². The number of hydrogen-bond donors (Lipinski definition) is 0. The molecule has 0 aromatic heterocycles. The van der Waals surface area contributed by atoms with Gasteiger partial charge < -0.3 is 0 Å². The monoisotopic (exact) mass is 331 g/mol. The van der Waals surface area contributed by atoms with Gasteiger partial charge in [0.2, 0.25) is 10.0 Å². The standard InChI is InChI=1S/C14H21NO4S2/c1-4-12-5-7-13(8-6-12)21(18,19)15(3)14(2)9-10-20(16,17)11-14/h5-8H,4,9-11H2,1-3H3/t14-/m0/s1. The van der Waals surface area contributed by atoms with E-state index in [9.17, 15) is 16.8 Å². The molecule has 1 fully saturated rings. The van der Waals surface area contributed by atoms with Crippen LogP contribution in [0.5, 0.6) is 0 Å². The lowest BCUT2D eigenvalue weighted by atomic mass is 10.0. The molecule has 21 heavy (non-hydrogen) atoms. The number of aryl methyl sites for hydroxylation is 1. The van der Waals surface area contributed by atoms with Gasteiger partial charge in [0.05, 0.1) is 16.4 Å². The summed E-state index contributed by atoms with van der Waals surface area (Å²) in [6, 6.07) is 6.73. The van der Waals surface area contributed by atoms with E-state index in [4.69, 9.17) is 0 Å². The average molecular weight is 331 g/mol. The topological polar surface area (TPSA) is 71.5 Å². The summed E-state index contributed by atoms with van der Waals surface area (Å²) in [4.78, 5) is 0.202. The van der Waals surface area contributed by atoms with Crippen LogP contribution in [0.25, 0.3) is 0 Å². The molecule has 0 bridgehead atoms. The molecule has 2 rings (SSSR count). The molecule has 0 spiro atoms. The molecule has 1 saturated heterocycles. The van der Waals surface area contributed by atoms with Gasteiger partial charge in [-0.15, -0.1) is 0 Å². The van der Waals surface area contributed by atoms with E-state index in [0.29, 0.717) is 6.42 Å². The summed E-state index contributed by atoms with van der Waals surface area (Å²) < 4.78 is 49.9. The molecule has 5 nitrogen and oxygen atoms in total. The Labute approximate surface area is 126 Å². The first-order valence-electron chi connectivity index (χ1n) is 6.89. The molecule has 0 aliphatic carbocycles. The Morgan fingerprint density at radius 1 is 1.24 bits per heavy atom. The van der Waals surface area contributed by atoms with Gasteiger partial charge in [0, 0.05) is 12.6 Å². The van der Waals surface area contributed by atoms with Crippen LogP contribution in [-0.4, -0.2) is 45.2 Å². The highest BCUT2D eigenvalue weighted by molar-refractivity contribution is 7.92. The second-order valence-corrected chi connectivity index (χ2v) is 9.96. The average Bonchev–Trinajstić information content (AvgIpc) is 2.73. The number of nitrogens with zero attached hydrogens (tertiary/aromatic N) is 1. The van der Waals surface area contributed by atoms with Gasteiger partial charge in [-0.25, -0.2) is 16.8 Å². The van der Waals surface area contributed by atoms with Crippen molar-refractivity contribution in [1.82, 2.24) is 4.31 Å². The SMILES string of the molecule is CCc1ccc(S(=O)(=O)N(C)[C@@]2(C)CCS(=O)(=O)C2)cc1. The van der Waals surface area contributed by atoms with Crippen molar-refractivity contribution in [3.63, 3.8) is 0 Å². The first kappa shape index (κ1) is 16.5. The minimum Gasteiger partial charge on any atom is -0.229 e. The number of sulfone groups is 1. The van der Waals surface area contributed by atoms with Gasteiger partial charge in [0.15, 0.2) is 9.84 Å². The number of sulfonamides is 1. The predicted molar refractivity (Wildman–Crippen MR) is 82.4 cm³/mol. The third kappa shape index (κ3) is 3.14. The molecule has 118 valence electrons. The lowest BCUT2D eigenvalue weighted by Gasteiger charge is -2.33. The van der Waals surface area contributed by atoms with E-state index in [1.807, 2.05) is 6.92 Å². The quantitative estimate of drug-likeness (QED) is 0.837. The molecule has 1 aromatic carbocycles. The Hall–Kier alpha value is -0.920. The van der Waals surface area contributed by atoms with Crippen LogP contribution in [0.2, 0.25) is 0 Å². The largest absolute Gasteiger partial charge is 0.243 e.